The molecule has 170 valence electrons. The zero-order valence-electron chi connectivity index (χ0n) is 18.5. The lowest BCUT2D eigenvalue weighted by molar-refractivity contribution is 0.166. The molecule has 0 amide bonds. The van der Waals surface area contributed by atoms with Gasteiger partial charge in [-0.3, -0.25) is 0 Å². The van der Waals surface area contributed by atoms with Gasteiger partial charge in [-0.25, -0.2) is 9.98 Å². The number of nitrogens with zero attached hydrogens (tertiary/aromatic N) is 2. The molecule has 1 aromatic heterocycles. The van der Waals surface area contributed by atoms with Crippen LogP contribution in [0.2, 0.25) is 0 Å². The molecule has 0 saturated carbocycles. The van der Waals surface area contributed by atoms with Gasteiger partial charge in [0.2, 0.25) is 5.88 Å². The largest absolute Gasteiger partial charge is 0.493 e. The Bertz CT molecular complexity index is 824. The molecule has 2 aromatic rings. The second-order valence-corrected chi connectivity index (χ2v) is 7.41. The molecule has 8 heteroatoms. The molecule has 1 fully saturated rings. The third-order valence-electron chi connectivity index (χ3n) is 4.94. The highest BCUT2D eigenvalue weighted by Gasteiger charge is 2.17. The zero-order chi connectivity index (χ0) is 21.2. The lowest BCUT2D eigenvalue weighted by Gasteiger charge is -2.17. The molecule has 1 unspecified atom stereocenters. The van der Waals surface area contributed by atoms with Gasteiger partial charge in [0.25, 0.3) is 0 Å². The molecule has 1 aliphatic heterocycles. The number of hydrogen-bond acceptors (Lipinski definition) is 5. The highest BCUT2D eigenvalue weighted by Crippen LogP contribution is 2.22. The number of guanidine groups is 1. The van der Waals surface area contributed by atoms with Gasteiger partial charge in [-0.1, -0.05) is 18.2 Å². The molecule has 0 bridgehead atoms. The Kier molecular flexibility index (Phi) is 10.9. The quantitative estimate of drug-likeness (QED) is 0.287. The van der Waals surface area contributed by atoms with Crippen molar-refractivity contribution in [3.8, 4) is 11.6 Å². The van der Waals surface area contributed by atoms with E-state index in [0.29, 0.717) is 31.5 Å². The number of benzene rings is 1. The summed E-state index contributed by atoms with van der Waals surface area (Å²) < 4.78 is 16.7. The fourth-order valence-electron chi connectivity index (χ4n) is 3.18. The molecule has 1 aromatic carbocycles. The monoisotopic (exact) mass is 540 g/mol. The Morgan fingerprint density at radius 1 is 1.26 bits per heavy atom. The number of pyridine rings is 1. The third-order valence-corrected chi connectivity index (χ3v) is 4.94. The van der Waals surface area contributed by atoms with Crippen molar-refractivity contribution in [1.82, 2.24) is 15.6 Å². The summed E-state index contributed by atoms with van der Waals surface area (Å²) in [6.45, 7) is 8.39. The lowest BCUT2D eigenvalue weighted by atomic mass is 10.1. The van der Waals surface area contributed by atoms with E-state index in [9.17, 15) is 0 Å². The number of methoxy groups -OCH3 is 1. The first-order chi connectivity index (χ1) is 14.7. The average molecular weight is 540 g/mol. The van der Waals surface area contributed by atoms with Crippen LogP contribution in [0.25, 0.3) is 0 Å². The van der Waals surface area contributed by atoms with Crippen molar-refractivity contribution >= 4 is 29.9 Å². The predicted octanol–water partition coefficient (Wildman–Crippen LogP) is 3.69. The molecule has 0 aliphatic carbocycles. The van der Waals surface area contributed by atoms with Gasteiger partial charge < -0.3 is 24.8 Å². The van der Waals surface area contributed by atoms with Gasteiger partial charge in [-0.15, -0.1) is 24.0 Å². The summed E-state index contributed by atoms with van der Waals surface area (Å²) in [6, 6.07) is 10.1. The minimum atomic E-state index is 0. The van der Waals surface area contributed by atoms with Crippen molar-refractivity contribution in [2.45, 2.75) is 33.4 Å². The first kappa shape index (κ1) is 25.2. The van der Waals surface area contributed by atoms with Gasteiger partial charge in [-0.05, 0) is 37.5 Å². The molecule has 1 atom stereocenters. The minimum Gasteiger partial charge on any atom is -0.493 e. The van der Waals surface area contributed by atoms with Crippen LogP contribution >= 0.6 is 24.0 Å². The first-order valence-electron chi connectivity index (χ1n) is 10.5. The number of nitrogens with one attached hydrogen (secondary N) is 2. The Morgan fingerprint density at radius 3 is 2.81 bits per heavy atom. The van der Waals surface area contributed by atoms with E-state index in [0.717, 1.165) is 49.0 Å². The smallest absolute Gasteiger partial charge is 0.212 e. The molecule has 0 spiro atoms. The van der Waals surface area contributed by atoms with E-state index in [-0.39, 0.29) is 24.0 Å². The summed E-state index contributed by atoms with van der Waals surface area (Å²) in [6.07, 6.45) is 2.85. The van der Waals surface area contributed by atoms with Crippen molar-refractivity contribution in [3.63, 3.8) is 0 Å². The second-order valence-electron chi connectivity index (χ2n) is 7.41. The number of halogens is 1. The van der Waals surface area contributed by atoms with Crippen LogP contribution in [-0.4, -0.2) is 44.4 Å². The van der Waals surface area contributed by atoms with Crippen molar-refractivity contribution < 1.29 is 14.2 Å². The SMILES string of the molecule is CCNC(=NCc1ccc(OC)nc1)NCc1ccc(C)cc1OCC1CCOC1.I. The summed E-state index contributed by atoms with van der Waals surface area (Å²) in [5.41, 5.74) is 3.31. The summed E-state index contributed by atoms with van der Waals surface area (Å²) >= 11 is 0. The number of ether oxygens (including phenoxy) is 3. The van der Waals surface area contributed by atoms with E-state index >= 15 is 0 Å². The van der Waals surface area contributed by atoms with Crippen molar-refractivity contribution in [2.75, 3.05) is 33.5 Å². The second kappa shape index (κ2) is 13.4. The fraction of sp³-hybridized carbons (Fsp3) is 0.478. The Balaban J connectivity index is 0.00000341. The maximum atomic E-state index is 6.14. The normalized spacial score (nSPS) is 15.8. The maximum absolute atomic E-state index is 6.14. The standard InChI is InChI=1S/C23H32N4O3.HI/c1-4-24-23(26-13-18-6-8-22(28-3)25-12-18)27-14-20-7-5-17(2)11-21(20)30-16-19-9-10-29-15-19;/h5-8,11-12,19H,4,9-10,13-16H2,1-3H3,(H2,24,26,27);1H. The van der Waals surface area contributed by atoms with Crippen LogP contribution in [-0.2, 0) is 17.8 Å². The molecule has 0 radical (unpaired) electrons. The summed E-state index contributed by atoms with van der Waals surface area (Å²) in [5, 5.41) is 6.70. The highest BCUT2D eigenvalue weighted by molar-refractivity contribution is 14.0. The average Bonchev–Trinajstić information content (AvgIpc) is 3.29. The Hall–Kier alpha value is -2.07. The lowest BCUT2D eigenvalue weighted by Crippen LogP contribution is -2.36. The summed E-state index contributed by atoms with van der Waals surface area (Å²) in [4.78, 5) is 8.90. The van der Waals surface area contributed by atoms with E-state index in [2.05, 4.69) is 52.7 Å². The summed E-state index contributed by atoms with van der Waals surface area (Å²) in [5.74, 6) is 2.75. The van der Waals surface area contributed by atoms with Crippen molar-refractivity contribution in [2.24, 2.45) is 10.9 Å². The number of aryl methyl sites for hydroxylation is 1. The fourth-order valence-corrected chi connectivity index (χ4v) is 3.18. The van der Waals surface area contributed by atoms with Crippen LogP contribution in [0, 0.1) is 12.8 Å². The van der Waals surface area contributed by atoms with Gasteiger partial charge in [0.05, 0.1) is 26.9 Å². The molecular formula is C23H33IN4O3. The number of aliphatic imine (C=N–C) groups is 1. The molecule has 7 nitrogen and oxygen atoms in total. The van der Waals surface area contributed by atoms with E-state index in [1.54, 1.807) is 13.3 Å². The number of hydrogen-bond donors (Lipinski definition) is 2. The minimum absolute atomic E-state index is 0. The van der Waals surface area contributed by atoms with E-state index in [1.807, 2.05) is 12.1 Å². The van der Waals surface area contributed by atoms with Crippen LogP contribution in [0.5, 0.6) is 11.6 Å². The molecule has 1 aliphatic rings. The van der Waals surface area contributed by atoms with Gasteiger partial charge >= 0.3 is 0 Å². The topological polar surface area (TPSA) is 77.0 Å². The molecule has 1 saturated heterocycles. The van der Waals surface area contributed by atoms with Crippen molar-refractivity contribution in [1.29, 1.82) is 0 Å². The molecule has 2 heterocycles. The van der Waals surface area contributed by atoms with E-state index in [1.165, 1.54) is 5.56 Å². The number of rotatable bonds is 9. The number of aromatic nitrogens is 1. The van der Waals surface area contributed by atoms with Crippen LogP contribution < -0.4 is 20.1 Å². The Morgan fingerprint density at radius 2 is 2.13 bits per heavy atom. The third kappa shape index (κ3) is 8.17. The van der Waals surface area contributed by atoms with Gasteiger partial charge in [0, 0.05) is 43.4 Å². The molecule has 2 N–H and O–H groups in total. The van der Waals surface area contributed by atoms with E-state index < -0.39 is 0 Å². The van der Waals surface area contributed by atoms with Gasteiger partial charge in [0.1, 0.15) is 5.75 Å². The molecule has 31 heavy (non-hydrogen) atoms. The maximum Gasteiger partial charge on any atom is 0.212 e. The van der Waals surface area contributed by atoms with Crippen LogP contribution in [0.3, 0.4) is 0 Å². The zero-order valence-corrected chi connectivity index (χ0v) is 20.8. The molecular weight excluding hydrogens is 507 g/mol. The van der Waals surface area contributed by atoms with Crippen molar-refractivity contribution in [3.05, 3.63) is 53.2 Å². The highest BCUT2D eigenvalue weighted by atomic mass is 127. The van der Waals surface area contributed by atoms with E-state index in [4.69, 9.17) is 14.2 Å². The van der Waals surface area contributed by atoms with Crippen LogP contribution in [0.4, 0.5) is 0 Å². The van der Waals surface area contributed by atoms with Gasteiger partial charge in [-0.2, -0.15) is 0 Å². The summed E-state index contributed by atoms with van der Waals surface area (Å²) in [7, 11) is 1.61. The Labute approximate surface area is 202 Å². The van der Waals surface area contributed by atoms with Crippen LogP contribution in [0.15, 0.2) is 41.5 Å². The van der Waals surface area contributed by atoms with Crippen LogP contribution in [0.1, 0.15) is 30.0 Å². The predicted molar refractivity (Wildman–Crippen MR) is 133 cm³/mol. The van der Waals surface area contributed by atoms with Gasteiger partial charge in [0.15, 0.2) is 5.96 Å². The first-order valence-corrected chi connectivity index (χ1v) is 10.5. The molecule has 3 rings (SSSR count).